The smallest absolute Gasteiger partial charge is 0.257 e. The first-order valence-corrected chi connectivity index (χ1v) is 9.77. The Morgan fingerprint density at radius 3 is 2.40 bits per heavy atom. The second kappa shape index (κ2) is 9.05. The lowest BCUT2D eigenvalue weighted by atomic mass is 10.1. The molecule has 0 fully saturated rings. The number of imidazole rings is 1. The van der Waals surface area contributed by atoms with Crippen LogP contribution in [0.2, 0.25) is 0 Å². The minimum Gasteiger partial charge on any atom is -0.366 e. The van der Waals surface area contributed by atoms with Crippen LogP contribution >= 0.6 is 0 Å². The number of rotatable bonds is 7. The minimum atomic E-state index is -0.175. The minimum absolute atomic E-state index is 0.175. The molecule has 0 radical (unpaired) electrons. The fourth-order valence-corrected chi connectivity index (χ4v) is 3.02. The van der Waals surface area contributed by atoms with Crippen molar-refractivity contribution in [3.05, 3.63) is 108 Å². The molecule has 0 unspecified atom stereocenters. The van der Waals surface area contributed by atoms with Gasteiger partial charge >= 0.3 is 0 Å². The lowest BCUT2D eigenvalue weighted by Crippen LogP contribution is -2.12. The van der Waals surface area contributed by atoms with Gasteiger partial charge in [-0.3, -0.25) is 4.79 Å². The zero-order chi connectivity index (χ0) is 20.8. The summed E-state index contributed by atoms with van der Waals surface area (Å²) in [4.78, 5) is 20.8. The van der Waals surface area contributed by atoms with Crippen molar-refractivity contribution >= 4 is 17.4 Å². The van der Waals surface area contributed by atoms with Crippen molar-refractivity contribution < 1.29 is 4.79 Å². The van der Waals surface area contributed by atoms with Gasteiger partial charge in [-0.15, -0.1) is 0 Å². The number of hydrogen-bond acceptors (Lipinski definition) is 4. The molecule has 4 aromatic rings. The Kier molecular flexibility index (Phi) is 5.85. The predicted molar refractivity (Wildman–Crippen MR) is 118 cm³/mol. The average Bonchev–Trinajstić information content (AvgIpc) is 3.28. The van der Waals surface area contributed by atoms with Crippen LogP contribution in [0.4, 0.5) is 11.5 Å². The van der Waals surface area contributed by atoms with Gasteiger partial charge in [0.2, 0.25) is 0 Å². The van der Waals surface area contributed by atoms with Gasteiger partial charge in [-0.25, -0.2) is 9.97 Å². The maximum absolute atomic E-state index is 12.4. The number of amides is 1. The summed E-state index contributed by atoms with van der Waals surface area (Å²) in [6.45, 7) is 3.48. The van der Waals surface area contributed by atoms with Crippen LogP contribution in [0.3, 0.4) is 0 Å². The lowest BCUT2D eigenvalue weighted by Gasteiger charge is -2.09. The average molecular weight is 397 g/mol. The van der Waals surface area contributed by atoms with Crippen molar-refractivity contribution in [1.29, 1.82) is 0 Å². The molecule has 30 heavy (non-hydrogen) atoms. The molecular formula is C24H23N5O. The van der Waals surface area contributed by atoms with E-state index in [1.165, 1.54) is 5.56 Å². The van der Waals surface area contributed by atoms with Crippen molar-refractivity contribution in [3.63, 3.8) is 0 Å². The molecule has 2 aromatic carbocycles. The van der Waals surface area contributed by atoms with Gasteiger partial charge in [0.15, 0.2) is 0 Å². The van der Waals surface area contributed by atoms with Gasteiger partial charge in [-0.1, -0.05) is 42.0 Å². The number of benzene rings is 2. The number of anilines is 2. The Balaban J connectivity index is 1.30. The number of aromatic nitrogens is 3. The molecule has 0 aliphatic heterocycles. The van der Waals surface area contributed by atoms with E-state index in [0.29, 0.717) is 12.1 Å². The molecule has 6 nitrogen and oxygen atoms in total. The topological polar surface area (TPSA) is 71.8 Å². The van der Waals surface area contributed by atoms with Gasteiger partial charge in [0.05, 0.1) is 11.9 Å². The molecule has 0 saturated carbocycles. The van der Waals surface area contributed by atoms with Crippen molar-refractivity contribution in [3.8, 4) is 0 Å². The van der Waals surface area contributed by atoms with E-state index in [9.17, 15) is 4.79 Å². The van der Waals surface area contributed by atoms with Gasteiger partial charge in [0, 0.05) is 37.4 Å². The first-order valence-electron chi connectivity index (χ1n) is 9.77. The molecule has 0 spiro atoms. The fourth-order valence-electron chi connectivity index (χ4n) is 3.02. The van der Waals surface area contributed by atoms with Crippen LogP contribution in [0.15, 0.2) is 85.6 Å². The monoisotopic (exact) mass is 397 g/mol. The van der Waals surface area contributed by atoms with Crippen LogP contribution in [0.25, 0.3) is 0 Å². The third-order valence-corrected chi connectivity index (χ3v) is 4.76. The molecule has 150 valence electrons. The van der Waals surface area contributed by atoms with E-state index in [0.717, 1.165) is 29.2 Å². The Labute approximate surface area is 175 Å². The molecule has 2 aromatic heterocycles. The molecule has 2 N–H and O–H groups in total. The quantitative estimate of drug-likeness (QED) is 0.482. The number of hydrogen-bond donors (Lipinski definition) is 2. The van der Waals surface area contributed by atoms with E-state index in [1.54, 1.807) is 18.5 Å². The van der Waals surface area contributed by atoms with Crippen molar-refractivity contribution in [2.75, 3.05) is 10.6 Å². The molecule has 0 aliphatic rings. The van der Waals surface area contributed by atoms with Crippen molar-refractivity contribution in [2.24, 2.45) is 0 Å². The van der Waals surface area contributed by atoms with E-state index >= 15 is 0 Å². The summed E-state index contributed by atoms with van der Waals surface area (Å²) in [5.74, 6) is 0.552. The molecule has 0 atom stereocenters. The van der Waals surface area contributed by atoms with Crippen LogP contribution in [-0.4, -0.2) is 20.4 Å². The highest BCUT2D eigenvalue weighted by Crippen LogP contribution is 2.13. The van der Waals surface area contributed by atoms with E-state index in [2.05, 4.69) is 44.9 Å². The van der Waals surface area contributed by atoms with E-state index < -0.39 is 0 Å². The Morgan fingerprint density at radius 1 is 0.967 bits per heavy atom. The van der Waals surface area contributed by atoms with E-state index in [1.807, 2.05) is 54.3 Å². The second-order valence-electron chi connectivity index (χ2n) is 7.16. The second-order valence-corrected chi connectivity index (χ2v) is 7.16. The van der Waals surface area contributed by atoms with Crippen LogP contribution in [-0.2, 0) is 13.1 Å². The van der Waals surface area contributed by atoms with Crippen molar-refractivity contribution in [2.45, 2.75) is 20.0 Å². The molecule has 6 heteroatoms. The maximum Gasteiger partial charge on any atom is 0.257 e. The van der Waals surface area contributed by atoms with Gasteiger partial charge in [0.1, 0.15) is 5.82 Å². The van der Waals surface area contributed by atoms with Gasteiger partial charge in [0.25, 0.3) is 5.91 Å². The molecule has 1 amide bonds. The predicted octanol–water partition coefficient (Wildman–Crippen LogP) is 4.50. The van der Waals surface area contributed by atoms with Crippen LogP contribution in [0.1, 0.15) is 27.0 Å². The summed E-state index contributed by atoms with van der Waals surface area (Å²) in [5, 5.41) is 6.17. The Hall–Kier alpha value is -3.93. The van der Waals surface area contributed by atoms with E-state index in [-0.39, 0.29) is 5.91 Å². The molecular weight excluding hydrogens is 374 g/mol. The summed E-state index contributed by atoms with van der Waals surface area (Å²) in [7, 11) is 0. The highest BCUT2D eigenvalue weighted by Gasteiger charge is 2.07. The normalized spacial score (nSPS) is 10.6. The molecule has 0 bridgehead atoms. The van der Waals surface area contributed by atoms with E-state index in [4.69, 9.17) is 0 Å². The van der Waals surface area contributed by atoms with Crippen molar-refractivity contribution in [1.82, 2.24) is 14.5 Å². The Morgan fingerprint density at radius 2 is 1.73 bits per heavy atom. The third kappa shape index (κ3) is 5.11. The maximum atomic E-state index is 12.4. The first-order chi connectivity index (χ1) is 14.7. The van der Waals surface area contributed by atoms with Crippen LogP contribution < -0.4 is 10.6 Å². The SMILES string of the molecule is Cc1ccc(NC(=O)c2ccc(NCc3ccc(Cn4ccnc4)cc3)nc2)cc1. The molecule has 0 aliphatic carbocycles. The number of pyridine rings is 1. The molecule has 4 rings (SSSR count). The van der Waals surface area contributed by atoms with Crippen LogP contribution in [0.5, 0.6) is 0 Å². The summed E-state index contributed by atoms with van der Waals surface area (Å²) in [5.41, 5.74) is 4.82. The third-order valence-electron chi connectivity index (χ3n) is 4.76. The number of carbonyl (C=O) groups excluding carboxylic acids is 1. The number of carbonyl (C=O) groups is 1. The number of aryl methyl sites for hydroxylation is 1. The van der Waals surface area contributed by atoms with Crippen LogP contribution in [0, 0.1) is 6.92 Å². The van der Waals surface area contributed by atoms with Gasteiger partial charge < -0.3 is 15.2 Å². The highest BCUT2D eigenvalue weighted by molar-refractivity contribution is 6.04. The fraction of sp³-hybridized carbons (Fsp3) is 0.125. The number of nitrogens with zero attached hydrogens (tertiary/aromatic N) is 3. The zero-order valence-electron chi connectivity index (χ0n) is 16.7. The molecule has 0 saturated heterocycles. The highest BCUT2D eigenvalue weighted by atomic mass is 16.1. The summed E-state index contributed by atoms with van der Waals surface area (Å²) in [6.07, 6.45) is 7.13. The summed E-state index contributed by atoms with van der Waals surface area (Å²) in [6, 6.07) is 19.7. The van der Waals surface area contributed by atoms with Gasteiger partial charge in [-0.2, -0.15) is 0 Å². The largest absolute Gasteiger partial charge is 0.366 e. The standard InChI is InChI=1S/C24H23N5O/c1-18-2-9-22(10-3-18)28-24(30)21-8-11-23(27-15-21)26-14-19-4-6-20(7-5-19)16-29-13-12-25-17-29/h2-13,15,17H,14,16H2,1H3,(H,26,27)(H,28,30). The zero-order valence-corrected chi connectivity index (χ0v) is 16.7. The lowest BCUT2D eigenvalue weighted by molar-refractivity contribution is 0.102. The first kappa shape index (κ1) is 19.4. The number of nitrogens with one attached hydrogen (secondary N) is 2. The summed E-state index contributed by atoms with van der Waals surface area (Å²) < 4.78 is 2.04. The van der Waals surface area contributed by atoms with Gasteiger partial charge in [-0.05, 0) is 42.3 Å². The summed E-state index contributed by atoms with van der Waals surface area (Å²) >= 11 is 0. The molecule has 2 heterocycles. The Bertz CT molecular complexity index is 1090.